The number of hydrogen-bond acceptors (Lipinski definition) is 1. The maximum atomic E-state index is 13.1. The van der Waals surface area contributed by atoms with Crippen LogP contribution < -0.4 is 0 Å². The molecule has 0 amide bonds. The molecule has 2 atom stereocenters. The molecule has 0 spiro atoms. The van der Waals surface area contributed by atoms with Gasteiger partial charge in [-0.25, -0.2) is 4.39 Å². The third-order valence-electron chi connectivity index (χ3n) is 3.39. The molecule has 0 heterocycles. The van der Waals surface area contributed by atoms with E-state index in [0.717, 1.165) is 0 Å². The average molecular weight is 243 g/mol. The van der Waals surface area contributed by atoms with Gasteiger partial charge in [-0.2, -0.15) is 0 Å². The smallest absolute Gasteiger partial charge is 0.307 e. The Morgan fingerprint density at radius 1 is 1.50 bits per heavy atom. The number of carbonyl (C=O) groups is 1. The molecular formula is C12H12ClFO2. The molecule has 2 nitrogen and oxygen atoms in total. The van der Waals surface area contributed by atoms with Crippen LogP contribution in [0, 0.1) is 17.2 Å². The lowest BCUT2D eigenvalue weighted by Crippen LogP contribution is -2.03. The lowest BCUT2D eigenvalue weighted by atomic mass is 10.0. The standard InChI is InChI=1S/C12H12ClFO2/c1-12(2)9(10(12)11(15)16)7-5-6(14)3-4-8(7)13/h3-5,9-10H,1-2H3,(H,15,16). The molecule has 2 unspecified atom stereocenters. The van der Waals surface area contributed by atoms with Crippen LogP contribution in [0.25, 0.3) is 0 Å². The minimum Gasteiger partial charge on any atom is -0.481 e. The van der Waals surface area contributed by atoms with Crippen molar-refractivity contribution in [1.82, 2.24) is 0 Å². The third kappa shape index (κ3) is 1.59. The zero-order valence-corrected chi connectivity index (χ0v) is 9.75. The molecular weight excluding hydrogens is 231 g/mol. The van der Waals surface area contributed by atoms with Gasteiger partial charge in [0.1, 0.15) is 5.82 Å². The van der Waals surface area contributed by atoms with Gasteiger partial charge < -0.3 is 5.11 Å². The molecule has 0 saturated heterocycles. The Balaban J connectivity index is 2.40. The van der Waals surface area contributed by atoms with Crippen LogP contribution in [-0.2, 0) is 4.79 Å². The second kappa shape index (κ2) is 3.45. The fourth-order valence-corrected chi connectivity index (χ4v) is 2.67. The largest absolute Gasteiger partial charge is 0.481 e. The minimum atomic E-state index is -0.852. The maximum absolute atomic E-state index is 13.1. The monoisotopic (exact) mass is 242 g/mol. The molecule has 4 heteroatoms. The molecule has 86 valence electrons. The summed E-state index contributed by atoms with van der Waals surface area (Å²) in [5, 5.41) is 9.48. The normalized spacial score (nSPS) is 26.5. The van der Waals surface area contributed by atoms with Gasteiger partial charge in [0.2, 0.25) is 0 Å². The Hall–Kier alpha value is -1.09. The summed E-state index contributed by atoms with van der Waals surface area (Å²) >= 11 is 5.97. The molecule has 1 N–H and O–H groups in total. The van der Waals surface area contributed by atoms with E-state index in [1.807, 2.05) is 13.8 Å². The summed E-state index contributed by atoms with van der Waals surface area (Å²) in [4.78, 5) is 11.0. The molecule has 2 rings (SSSR count). The Bertz CT molecular complexity index is 456. The molecule has 1 aliphatic rings. The first kappa shape index (κ1) is 11.4. The first-order chi connectivity index (χ1) is 7.35. The molecule has 0 radical (unpaired) electrons. The van der Waals surface area contributed by atoms with Crippen molar-refractivity contribution < 1.29 is 14.3 Å². The van der Waals surface area contributed by atoms with Crippen molar-refractivity contribution in [1.29, 1.82) is 0 Å². The van der Waals surface area contributed by atoms with Crippen LogP contribution in [0.2, 0.25) is 5.02 Å². The van der Waals surface area contributed by atoms with E-state index in [9.17, 15) is 9.18 Å². The Labute approximate surface area is 98.0 Å². The van der Waals surface area contributed by atoms with Crippen molar-refractivity contribution in [2.45, 2.75) is 19.8 Å². The van der Waals surface area contributed by atoms with Gasteiger partial charge in [0.05, 0.1) is 5.92 Å². The number of aliphatic carboxylic acids is 1. The SMILES string of the molecule is CC1(C)C(C(=O)O)C1c1cc(F)ccc1Cl. The van der Waals surface area contributed by atoms with Gasteiger partial charge in [0.25, 0.3) is 0 Å². The van der Waals surface area contributed by atoms with E-state index < -0.39 is 11.9 Å². The van der Waals surface area contributed by atoms with Crippen molar-refractivity contribution in [2.24, 2.45) is 11.3 Å². The van der Waals surface area contributed by atoms with Crippen LogP contribution in [0.4, 0.5) is 4.39 Å². The van der Waals surface area contributed by atoms with Crippen molar-refractivity contribution in [3.05, 3.63) is 34.6 Å². The summed E-state index contributed by atoms with van der Waals surface area (Å²) in [6.45, 7) is 3.72. The zero-order chi connectivity index (χ0) is 12.1. The van der Waals surface area contributed by atoms with Crippen LogP contribution in [0.15, 0.2) is 18.2 Å². The van der Waals surface area contributed by atoms with Gasteiger partial charge in [0, 0.05) is 10.9 Å². The summed E-state index contributed by atoms with van der Waals surface area (Å²) in [6, 6.07) is 4.08. The van der Waals surface area contributed by atoms with Crippen molar-refractivity contribution >= 4 is 17.6 Å². The lowest BCUT2D eigenvalue weighted by Gasteiger charge is -2.05. The van der Waals surface area contributed by atoms with Crippen LogP contribution in [-0.4, -0.2) is 11.1 Å². The molecule has 1 fully saturated rings. The Morgan fingerprint density at radius 2 is 2.12 bits per heavy atom. The van der Waals surface area contributed by atoms with E-state index in [4.69, 9.17) is 16.7 Å². The number of halogens is 2. The lowest BCUT2D eigenvalue weighted by molar-refractivity contribution is -0.139. The third-order valence-corrected chi connectivity index (χ3v) is 3.73. The number of carboxylic acids is 1. The van der Waals surface area contributed by atoms with Gasteiger partial charge in [0.15, 0.2) is 0 Å². The second-order valence-electron chi connectivity index (χ2n) is 4.78. The maximum Gasteiger partial charge on any atom is 0.307 e. The van der Waals surface area contributed by atoms with Gasteiger partial charge in [-0.15, -0.1) is 0 Å². The summed E-state index contributed by atoms with van der Waals surface area (Å²) in [5.41, 5.74) is 0.238. The predicted molar refractivity (Wildman–Crippen MR) is 59.1 cm³/mol. The summed E-state index contributed by atoms with van der Waals surface area (Å²) in [7, 11) is 0. The quantitative estimate of drug-likeness (QED) is 0.864. The van der Waals surface area contributed by atoms with E-state index in [1.165, 1.54) is 18.2 Å². The molecule has 0 aliphatic heterocycles. The zero-order valence-electron chi connectivity index (χ0n) is 9.00. The minimum absolute atomic E-state index is 0.201. The van der Waals surface area contributed by atoms with Crippen molar-refractivity contribution in [3.8, 4) is 0 Å². The average Bonchev–Trinajstić information content (AvgIpc) is 2.73. The Kier molecular flexibility index (Phi) is 2.46. The summed E-state index contributed by atoms with van der Waals surface area (Å²) in [5.74, 6) is -1.92. The highest BCUT2D eigenvalue weighted by molar-refractivity contribution is 6.31. The van der Waals surface area contributed by atoms with Gasteiger partial charge in [-0.1, -0.05) is 25.4 Å². The number of rotatable bonds is 2. The summed E-state index contributed by atoms with van der Waals surface area (Å²) in [6.07, 6.45) is 0. The van der Waals surface area contributed by atoms with Gasteiger partial charge >= 0.3 is 5.97 Å². The predicted octanol–water partition coefficient (Wildman–Crippen LogP) is 3.30. The number of carboxylic acid groups (broad SMARTS) is 1. The molecule has 1 saturated carbocycles. The van der Waals surface area contributed by atoms with Crippen molar-refractivity contribution in [2.75, 3.05) is 0 Å². The van der Waals surface area contributed by atoms with Gasteiger partial charge in [-0.3, -0.25) is 4.79 Å². The Morgan fingerprint density at radius 3 is 2.62 bits per heavy atom. The topological polar surface area (TPSA) is 37.3 Å². The molecule has 16 heavy (non-hydrogen) atoms. The first-order valence-corrected chi connectivity index (χ1v) is 5.41. The fraction of sp³-hybridized carbons (Fsp3) is 0.417. The highest BCUT2D eigenvalue weighted by Gasteiger charge is 2.63. The van der Waals surface area contributed by atoms with E-state index in [2.05, 4.69) is 0 Å². The van der Waals surface area contributed by atoms with Crippen LogP contribution in [0.5, 0.6) is 0 Å². The molecule has 1 aromatic rings. The van der Waals surface area contributed by atoms with Crippen LogP contribution in [0.3, 0.4) is 0 Å². The second-order valence-corrected chi connectivity index (χ2v) is 5.19. The first-order valence-electron chi connectivity index (χ1n) is 5.03. The highest BCUT2D eigenvalue weighted by Crippen LogP contribution is 2.65. The van der Waals surface area contributed by atoms with Gasteiger partial charge in [-0.05, 0) is 29.2 Å². The van der Waals surface area contributed by atoms with E-state index in [1.54, 1.807) is 0 Å². The highest BCUT2D eigenvalue weighted by atomic mass is 35.5. The van der Waals surface area contributed by atoms with Crippen LogP contribution in [0.1, 0.15) is 25.3 Å². The van der Waals surface area contributed by atoms with Crippen molar-refractivity contribution in [3.63, 3.8) is 0 Å². The number of hydrogen-bond donors (Lipinski definition) is 1. The molecule has 1 aliphatic carbocycles. The molecule has 1 aromatic carbocycles. The van der Waals surface area contributed by atoms with Crippen LogP contribution >= 0.6 is 11.6 Å². The molecule has 0 bridgehead atoms. The van der Waals surface area contributed by atoms with E-state index in [0.29, 0.717) is 10.6 Å². The fourth-order valence-electron chi connectivity index (χ4n) is 2.43. The molecule has 0 aromatic heterocycles. The number of benzene rings is 1. The van der Waals surface area contributed by atoms with E-state index in [-0.39, 0.29) is 17.2 Å². The van der Waals surface area contributed by atoms with E-state index >= 15 is 0 Å². The summed E-state index contributed by atoms with van der Waals surface area (Å²) < 4.78 is 13.1.